The van der Waals surface area contributed by atoms with Gasteiger partial charge in [0.1, 0.15) is 0 Å². The summed E-state index contributed by atoms with van der Waals surface area (Å²) in [7, 11) is 1.51. The maximum atomic E-state index is 12.0. The molecule has 0 saturated carbocycles. The molecule has 2 rings (SSSR count). The number of anilines is 1. The summed E-state index contributed by atoms with van der Waals surface area (Å²) in [5.74, 6) is -0.235. The number of halogens is 2. The van der Waals surface area contributed by atoms with Gasteiger partial charge < -0.3 is 15.0 Å². The summed E-state index contributed by atoms with van der Waals surface area (Å²) < 4.78 is 4.94. The fourth-order valence-electron chi connectivity index (χ4n) is 1.69. The maximum Gasteiger partial charge on any atom is 0.251 e. The van der Waals surface area contributed by atoms with Crippen molar-refractivity contribution in [2.75, 3.05) is 18.2 Å². The first kappa shape index (κ1) is 17.8. The van der Waals surface area contributed by atoms with Gasteiger partial charge in [-0.25, -0.2) is 4.98 Å². The van der Waals surface area contributed by atoms with E-state index in [4.69, 9.17) is 27.9 Å². The number of H-pyrrole nitrogens is 1. The number of methoxy groups -OCH3 is 1. The molecule has 9 heteroatoms. The monoisotopic (exact) mass is 373 g/mol. The zero-order valence-electron chi connectivity index (χ0n) is 12.1. The second kappa shape index (κ2) is 8.35. The van der Waals surface area contributed by atoms with Crippen molar-refractivity contribution in [2.24, 2.45) is 0 Å². The lowest BCUT2D eigenvalue weighted by Gasteiger charge is -2.07. The number of ether oxygens (including phenoxy) is 1. The SMILES string of the molecule is COCc1cc(=O)[nH]c(SCC(=O)Nc2cc(Cl)ccc2Cl)n1. The minimum atomic E-state index is -0.298. The summed E-state index contributed by atoms with van der Waals surface area (Å²) >= 11 is 12.9. The number of nitrogens with zero attached hydrogens (tertiary/aromatic N) is 1. The number of carbonyl (C=O) groups is 1. The van der Waals surface area contributed by atoms with Gasteiger partial charge in [-0.05, 0) is 18.2 Å². The summed E-state index contributed by atoms with van der Waals surface area (Å²) in [5, 5.41) is 3.86. The van der Waals surface area contributed by atoms with Crippen LogP contribution in [0.2, 0.25) is 10.0 Å². The van der Waals surface area contributed by atoms with Gasteiger partial charge in [-0.2, -0.15) is 0 Å². The van der Waals surface area contributed by atoms with Crippen molar-refractivity contribution in [3.63, 3.8) is 0 Å². The van der Waals surface area contributed by atoms with Crippen LogP contribution in [-0.4, -0.2) is 28.7 Å². The molecule has 0 fully saturated rings. The molecular weight excluding hydrogens is 361 g/mol. The number of hydrogen-bond donors (Lipinski definition) is 2. The number of aromatic nitrogens is 2. The lowest BCUT2D eigenvalue weighted by atomic mass is 10.3. The molecule has 0 bridgehead atoms. The highest BCUT2D eigenvalue weighted by Crippen LogP contribution is 2.25. The molecule has 23 heavy (non-hydrogen) atoms. The number of rotatable bonds is 6. The van der Waals surface area contributed by atoms with Crippen LogP contribution < -0.4 is 10.9 Å². The number of aromatic amines is 1. The van der Waals surface area contributed by atoms with Crippen LogP contribution in [0, 0.1) is 0 Å². The summed E-state index contributed by atoms with van der Waals surface area (Å²) in [4.78, 5) is 30.2. The number of amides is 1. The molecule has 0 spiro atoms. The Morgan fingerprint density at radius 1 is 1.39 bits per heavy atom. The number of thioether (sulfide) groups is 1. The molecule has 0 saturated heterocycles. The molecule has 0 unspecified atom stereocenters. The van der Waals surface area contributed by atoms with Crippen LogP contribution >= 0.6 is 35.0 Å². The van der Waals surface area contributed by atoms with E-state index in [1.807, 2.05) is 0 Å². The van der Waals surface area contributed by atoms with Gasteiger partial charge in [0.15, 0.2) is 5.16 Å². The van der Waals surface area contributed by atoms with E-state index in [1.54, 1.807) is 18.2 Å². The fourth-order valence-corrected chi connectivity index (χ4v) is 2.72. The van der Waals surface area contributed by atoms with Gasteiger partial charge in [0.2, 0.25) is 5.91 Å². The highest BCUT2D eigenvalue weighted by atomic mass is 35.5. The van der Waals surface area contributed by atoms with Crippen molar-refractivity contribution in [3.8, 4) is 0 Å². The quantitative estimate of drug-likeness (QED) is 0.600. The van der Waals surface area contributed by atoms with Gasteiger partial charge in [-0.15, -0.1) is 0 Å². The molecule has 122 valence electrons. The zero-order valence-corrected chi connectivity index (χ0v) is 14.4. The fraction of sp³-hybridized carbons (Fsp3) is 0.214. The maximum absolute atomic E-state index is 12.0. The third-order valence-electron chi connectivity index (χ3n) is 2.61. The van der Waals surface area contributed by atoms with E-state index in [9.17, 15) is 9.59 Å². The van der Waals surface area contributed by atoms with Crippen LogP contribution in [0.5, 0.6) is 0 Å². The molecule has 1 heterocycles. The van der Waals surface area contributed by atoms with E-state index >= 15 is 0 Å². The standard InChI is InChI=1S/C14H13Cl2N3O3S/c1-22-6-9-5-12(20)19-14(17-9)23-7-13(21)18-11-4-8(15)2-3-10(11)16/h2-5H,6-7H2,1H3,(H,18,21)(H,17,19,20). The third kappa shape index (κ3) is 5.54. The topological polar surface area (TPSA) is 84.1 Å². The number of nitrogens with one attached hydrogen (secondary N) is 2. The third-order valence-corrected chi connectivity index (χ3v) is 4.05. The van der Waals surface area contributed by atoms with Gasteiger partial charge in [0.05, 0.1) is 28.8 Å². The van der Waals surface area contributed by atoms with Crippen molar-refractivity contribution in [1.82, 2.24) is 9.97 Å². The number of benzene rings is 1. The summed E-state index contributed by atoms with van der Waals surface area (Å²) in [6, 6.07) is 6.13. The molecule has 0 aliphatic rings. The zero-order chi connectivity index (χ0) is 16.8. The minimum absolute atomic E-state index is 0.0578. The first-order valence-electron chi connectivity index (χ1n) is 6.45. The minimum Gasteiger partial charge on any atom is -0.378 e. The molecule has 0 radical (unpaired) electrons. The van der Waals surface area contributed by atoms with Crippen molar-refractivity contribution in [2.45, 2.75) is 11.8 Å². The number of hydrogen-bond acceptors (Lipinski definition) is 5. The molecule has 1 amide bonds. The van der Waals surface area contributed by atoms with Crippen LogP contribution in [0.15, 0.2) is 34.2 Å². The summed E-state index contributed by atoms with van der Waals surface area (Å²) in [6.45, 7) is 0.224. The molecule has 0 atom stereocenters. The lowest BCUT2D eigenvalue weighted by Crippen LogP contribution is -2.16. The van der Waals surface area contributed by atoms with E-state index in [0.717, 1.165) is 11.8 Å². The Kier molecular flexibility index (Phi) is 6.47. The van der Waals surface area contributed by atoms with Crippen molar-refractivity contribution >= 4 is 46.6 Å². The van der Waals surface area contributed by atoms with E-state index in [2.05, 4.69) is 15.3 Å². The van der Waals surface area contributed by atoms with Gasteiger partial charge in [-0.1, -0.05) is 35.0 Å². The largest absolute Gasteiger partial charge is 0.378 e. The van der Waals surface area contributed by atoms with E-state index in [0.29, 0.717) is 26.6 Å². The predicted octanol–water partition coefficient (Wildman–Crippen LogP) is 2.95. The first-order chi connectivity index (χ1) is 11.0. The van der Waals surface area contributed by atoms with Crippen LogP contribution in [-0.2, 0) is 16.1 Å². The number of carbonyl (C=O) groups excluding carboxylic acids is 1. The first-order valence-corrected chi connectivity index (χ1v) is 8.19. The van der Waals surface area contributed by atoms with E-state index in [1.165, 1.54) is 13.2 Å². The molecule has 6 nitrogen and oxygen atoms in total. The smallest absolute Gasteiger partial charge is 0.251 e. The highest BCUT2D eigenvalue weighted by Gasteiger charge is 2.09. The Labute approximate surface area is 146 Å². The van der Waals surface area contributed by atoms with Crippen LogP contribution in [0.25, 0.3) is 0 Å². The molecule has 1 aromatic heterocycles. The molecule has 0 aliphatic heterocycles. The molecule has 2 N–H and O–H groups in total. The second-order valence-corrected chi connectivity index (χ2v) is 6.24. The van der Waals surface area contributed by atoms with Crippen LogP contribution in [0.3, 0.4) is 0 Å². The van der Waals surface area contributed by atoms with Crippen LogP contribution in [0.4, 0.5) is 5.69 Å². The Bertz CT molecular complexity index is 767. The lowest BCUT2D eigenvalue weighted by molar-refractivity contribution is -0.113. The molecule has 0 aliphatic carbocycles. The van der Waals surface area contributed by atoms with Gasteiger partial charge >= 0.3 is 0 Å². The Morgan fingerprint density at radius 3 is 2.91 bits per heavy atom. The summed E-state index contributed by atoms with van der Waals surface area (Å²) in [6.07, 6.45) is 0. The average molecular weight is 374 g/mol. The molecule has 2 aromatic rings. The van der Waals surface area contributed by atoms with Gasteiger partial charge in [-0.3, -0.25) is 9.59 Å². The van der Waals surface area contributed by atoms with Gasteiger partial charge in [0, 0.05) is 18.2 Å². The predicted molar refractivity (Wildman–Crippen MR) is 91.4 cm³/mol. The van der Waals surface area contributed by atoms with Crippen molar-refractivity contribution in [3.05, 3.63) is 50.4 Å². The van der Waals surface area contributed by atoms with E-state index < -0.39 is 0 Å². The average Bonchev–Trinajstić information content (AvgIpc) is 2.49. The van der Waals surface area contributed by atoms with Crippen LogP contribution in [0.1, 0.15) is 5.69 Å². The molecular formula is C14H13Cl2N3O3S. The Morgan fingerprint density at radius 2 is 2.17 bits per heavy atom. The van der Waals surface area contributed by atoms with Crippen molar-refractivity contribution in [1.29, 1.82) is 0 Å². The Balaban J connectivity index is 1.99. The van der Waals surface area contributed by atoms with Crippen molar-refractivity contribution < 1.29 is 9.53 Å². The normalized spacial score (nSPS) is 10.6. The highest BCUT2D eigenvalue weighted by molar-refractivity contribution is 7.99. The summed E-state index contributed by atoms with van der Waals surface area (Å²) in [5.41, 5.74) is 0.629. The van der Waals surface area contributed by atoms with Gasteiger partial charge in [0.25, 0.3) is 5.56 Å². The second-order valence-electron chi connectivity index (χ2n) is 4.44. The Hall–Kier alpha value is -1.54. The molecule has 1 aromatic carbocycles. The van der Waals surface area contributed by atoms with E-state index in [-0.39, 0.29) is 23.8 Å².